The Kier molecular flexibility index (Phi) is 8.13. The zero-order valence-corrected chi connectivity index (χ0v) is 17.3. The SMILES string of the molecule is CNC(C(=O)NC(Cc1cc(O)cc(F)c1)C(=O)N1CCCC(C(=O)O)N1)C(C)C. The van der Waals surface area contributed by atoms with Crippen LogP contribution < -0.4 is 16.1 Å². The summed E-state index contributed by atoms with van der Waals surface area (Å²) < 4.78 is 13.7. The molecule has 1 fully saturated rings. The molecule has 10 heteroatoms. The number of phenolic OH excluding ortho intramolecular Hbond substituents is 1. The van der Waals surface area contributed by atoms with Gasteiger partial charge in [0, 0.05) is 19.0 Å². The number of likely N-dealkylation sites (N-methyl/N-ethyl adjacent to an activating group) is 1. The highest BCUT2D eigenvalue weighted by Crippen LogP contribution is 2.18. The summed E-state index contributed by atoms with van der Waals surface area (Å²) in [5.41, 5.74) is 3.00. The Morgan fingerprint density at radius 1 is 1.30 bits per heavy atom. The number of carboxylic acids is 1. The van der Waals surface area contributed by atoms with Crippen molar-refractivity contribution in [2.45, 2.75) is 51.2 Å². The van der Waals surface area contributed by atoms with E-state index in [9.17, 15) is 29.0 Å². The van der Waals surface area contributed by atoms with E-state index < -0.39 is 41.7 Å². The van der Waals surface area contributed by atoms with Crippen LogP contribution in [0.1, 0.15) is 32.3 Å². The molecule has 0 aromatic heterocycles. The number of carbonyl (C=O) groups excluding carboxylic acids is 2. The van der Waals surface area contributed by atoms with Crippen LogP contribution in [0.15, 0.2) is 18.2 Å². The maximum atomic E-state index is 13.7. The van der Waals surface area contributed by atoms with E-state index in [1.807, 2.05) is 13.8 Å². The molecule has 2 amide bonds. The lowest BCUT2D eigenvalue weighted by atomic mass is 10.0. The first-order valence-corrected chi connectivity index (χ1v) is 9.88. The van der Waals surface area contributed by atoms with Crippen LogP contribution in [0.25, 0.3) is 0 Å². The summed E-state index contributed by atoms with van der Waals surface area (Å²) in [6.07, 6.45) is 0.797. The number of nitrogens with one attached hydrogen (secondary N) is 3. The maximum absolute atomic E-state index is 13.7. The van der Waals surface area contributed by atoms with E-state index in [2.05, 4.69) is 16.1 Å². The number of hydrogen-bond acceptors (Lipinski definition) is 6. The standard InChI is InChI=1S/C20H29FN4O5/c1-11(2)17(22-3)18(27)23-16(9-12-7-13(21)10-14(26)8-12)19(28)25-6-4-5-15(24-25)20(29)30/h7-8,10-11,15-17,22,24,26H,4-6,9H2,1-3H3,(H,23,27)(H,29,30). The number of halogens is 1. The van der Waals surface area contributed by atoms with Gasteiger partial charge in [-0.15, -0.1) is 0 Å². The molecule has 1 saturated heterocycles. The first-order chi connectivity index (χ1) is 14.1. The summed E-state index contributed by atoms with van der Waals surface area (Å²) in [5, 5.41) is 25.7. The van der Waals surface area contributed by atoms with Crippen molar-refractivity contribution in [2.24, 2.45) is 5.92 Å². The van der Waals surface area contributed by atoms with E-state index in [4.69, 9.17) is 0 Å². The molecule has 1 aromatic rings. The van der Waals surface area contributed by atoms with Crippen molar-refractivity contribution in [2.75, 3.05) is 13.6 Å². The van der Waals surface area contributed by atoms with Gasteiger partial charge in [0.25, 0.3) is 5.91 Å². The van der Waals surface area contributed by atoms with Crippen LogP contribution in [-0.2, 0) is 20.8 Å². The Morgan fingerprint density at radius 3 is 2.57 bits per heavy atom. The zero-order valence-electron chi connectivity index (χ0n) is 17.3. The second kappa shape index (κ2) is 10.4. The number of hydrogen-bond donors (Lipinski definition) is 5. The van der Waals surface area contributed by atoms with E-state index in [-0.39, 0.29) is 24.6 Å². The third kappa shape index (κ3) is 6.14. The molecule has 5 N–H and O–H groups in total. The summed E-state index contributed by atoms with van der Waals surface area (Å²) in [6, 6.07) is 0.900. The molecule has 9 nitrogen and oxygen atoms in total. The Bertz CT molecular complexity index is 768. The molecule has 166 valence electrons. The molecule has 3 atom stereocenters. The number of aromatic hydroxyl groups is 1. The lowest BCUT2D eigenvalue weighted by Gasteiger charge is -2.35. The topological polar surface area (TPSA) is 131 Å². The van der Waals surface area contributed by atoms with Gasteiger partial charge in [0.15, 0.2) is 0 Å². The van der Waals surface area contributed by atoms with Gasteiger partial charge in [-0.1, -0.05) is 13.8 Å². The van der Waals surface area contributed by atoms with Crippen LogP contribution >= 0.6 is 0 Å². The monoisotopic (exact) mass is 424 g/mol. The average molecular weight is 424 g/mol. The Morgan fingerprint density at radius 2 is 2.00 bits per heavy atom. The van der Waals surface area contributed by atoms with E-state index in [1.54, 1.807) is 7.05 Å². The third-order valence-corrected chi connectivity index (χ3v) is 5.01. The van der Waals surface area contributed by atoms with Gasteiger partial charge in [-0.3, -0.25) is 19.4 Å². The molecule has 0 radical (unpaired) electrons. The van der Waals surface area contributed by atoms with Crippen LogP contribution in [0.5, 0.6) is 5.75 Å². The van der Waals surface area contributed by atoms with Crippen LogP contribution in [0.2, 0.25) is 0 Å². The van der Waals surface area contributed by atoms with Gasteiger partial charge in [0.1, 0.15) is 23.7 Å². The van der Waals surface area contributed by atoms with Gasteiger partial charge >= 0.3 is 5.97 Å². The minimum absolute atomic E-state index is 0.0477. The fraction of sp³-hybridized carbons (Fsp3) is 0.550. The van der Waals surface area contributed by atoms with Gasteiger partial charge < -0.3 is 20.8 Å². The van der Waals surface area contributed by atoms with Crippen LogP contribution in [-0.4, -0.2) is 64.7 Å². The van der Waals surface area contributed by atoms with Crippen molar-refractivity contribution >= 4 is 17.8 Å². The second-order valence-electron chi connectivity index (χ2n) is 7.75. The summed E-state index contributed by atoms with van der Waals surface area (Å²) in [5.74, 6) is -3.01. The first kappa shape index (κ1) is 23.6. The molecule has 1 heterocycles. The molecule has 0 saturated carbocycles. The maximum Gasteiger partial charge on any atom is 0.322 e. The van der Waals surface area contributed by atoms with Crippen molar-refractivity contribution in [1.29, 1.82) is 0 Å². The highest BCUT2D eigenvalue weighted by molar-refractivity contribution is 5.90. The highest BCUT2D eigenvalue weighted by atomic mass is 19.1. The van der Waals surface area contributed by atoms with E-state index in [1.165, 1.54) is 17.1 Å². The molecular weight excluding hydrogens is 395 g/mol. The lowest BCUT2D eigenvalue weighted by Crippen LogP contribution is -2.61. The minimum Gasteiger partial charge on any atom is -0.508 e. The number of hydrazine groups is 1. The summed E-state index contributed by atoms with van der Waals surface area (Å²) in [7, 11) is 1.63. The summed E-state index contributed by atoms with van der Waals surface area (Å²) >= 11 is 0. The Hall–Kier alpha value is -2.72. The van der Waals surface area contributed by atoms with Crippen molar-refractivity contribution in [3.8, 4) is 5.75 Å². The molecule has 0 aliphatic carbocycles. The molecule has 0 spiro atoms. The quantitative estimate of drug-likeness (QED) is 0.408. The number of aliphatic carboxylic acids is 1. The molecule has 2 rings (SSSR count). The van der Waals surface area contributed by atoms with Crippen LogP contribution in [0.4, 0.5) is 4.39 Å². The molecule has 30 heavy (non-hydrogen) atoms. The van der Waals surface area contributed by atoms with Crippen LogP contribution in [0.3, 0.4) is 0 Å². The minimum atomic E-state index is -1.08. The third-order valence-electron chi connectivity index (χ3n) is 5.01. The smallest absolute Gasteiger partial charge is 0.322 e. The molecule has 1 aromatic carbocycles. The van der Waals surface area contributed by atoms with Gasteiger partial charge in [-0.2, -0.15) is 0 Å². The highest BCUT2D eigenvalue weighted by Gasteiger charge is 2.33. The summed E-state index contributed by atoms with van der Waals surface area (Å²) in [6.45, 7) is 3.99. The fourth-order valence-corrected chi connectivity index (χ4v) is 3.53. The molecule has 1 aliphatic rings. The number of benzene rings is 1. The Labute approximate surface area is 174 Å². The molecule has 0 bridgehead atoms. The number of carboxylic acid groups (broad SMARTS) is 1. The molecular formula is C20H29FN4O5. The predicted molar refractivity (Wildman–Crippen MR) is 107 cm³/mol. The number of amides is 2. The molecule has 1 aliphatic heterocycles. The largest absolute Gasteiger partial charge is 0.508 e. The van der Waals surface area contributed by atoms with Gasteiger partial charge in [-0.05, 0) is 43.5 Å². The summed E-state index contributed by atoms with van der Waals surface area (Å²) in [4.78, 5) is 37.2. The predicted octanol–water partition coefficient (Wildman–Crippen LogP) is 0.383. The van der Waals surface area contributed by atoms with Crippen molar-refractivity contribution in [3.05, 3.63) is 29.6 Å². The number of rotatable bonds is 8. The van der Waals surface area contributed by atoms with Gasteiger partial charge in [0.05, 0.1) is 6.04 Å². The van der Waals surface area contributed by atoms with E-state index in [0.29, 0.717) is 18.4 Å². The second-order valence-corrected chi connectivity index (χ2v) is 7.75. The molecule has 3 unspecified atom stereocenters. The van der Waals surface area contributed by atoms with Crippen LogP contribution in [0, 0.1) is 11.7 Å². The average Bonchev–Trinajstić information content (AvgIpc) is 2.66. The van der Waals surface area contributed by atoms with Crippen molar-refractivity contribution in [3.63, 3.8) is 0 Å². The number of phenols is 1. The first-order valence-electron chi connectivity index (χ1n) is 9.88. The lowest BCUT2D eigenvalue weighted by molar-refractivity contribution is -0.148. The number of carbonyl (C=O) groups is 3. The normalized spacial score (nSPS) is 18.7. The van der Waals surface area contributed by atoms with Crippen molar-refractivity contribution in [1.82, 2.24) is 21.1 Å². The number of nitrogens with zero attached hydrogens (tertiary/aromatic N) is 1. The van der Waals surface area contributed by atoms with E-state index >= 15 is 0 Å². The fourth-order valence-electron chi connectivity index (χ4n) is 3.53. The Balaban J connectivity index is 2.26. The van der Waals surface area contributed by atoms with Gasteiger partial charge in [-0.25, -0.2) is 9.82 Å². The van der Waals surface area contributed by atoms with Crippen molar-refractivity contribution < 1.29 is 29.0 Å². The van der Waals surface area contributed by atoms with Gasteiger partial charge in [0.2, 0.25) is 5.91 Å². The zero-order chi connectivity index (χ0) is 22.4. The van der Waals surface area contributed by atoms with E-state index in [0.717, 1.165) is 6.07 Å².